The van der Waals surface area contributed by atoms with E-state index in [2.05, 4.69) is 4.72 Å². The second kappa shape index (κ2) is 6.00. The highest BCUT2D eigenvalue weighted by molar-refractivity contribution is 7.91. The molecule has 0 atom stereocenters. The van der Waals surface area contributed by atoms with E-state index in [-0.39, 0.29) is 0 Å². The number of hydrogen-bond donors (Lipinski definition) is 3. The van der Waals surface area contributed by atoms with Crippen LogP contribution in [0.5, 0.6) is 0 Å². The molecule has 1 amide bonds. The molecule has 1 aromatic carbocycles. The summed E-state index contributed by atoms with van der Waals surface area (Å²) in [6.07, 6.45) is -1.45. The van der Waals surface area contributed by atoms with Gasteiger partial charge in [-0.1, -0.05) is 6.07 Å². The average Bonchev–Trinajstić information content (AvgIpc) is 2.27. The zero-order chi connectivity index (χ0) is 15.5. The van der Waals surface area contributed by atoms with E-state index in [4.69, 9.17) is 10.5 Å². The molecule has 0 heterocycles. The van der Waals surface area contributed by atoms with E-state index in [9.17, 15) is 13.2 Å². The number of ether oxygens (including phenoxy) is 1. The summed E-state index contributed by atoms with van der Waals surface area (Å²) in [7, 11) is -4.07. The second-order valence-electron chi connectivity index (χ2n) is 4.63. The summed E-state index contributed by atoms with van der Waals surface area (Å²) < 4.78 is 32.5. The van der Waals surface area contributed by atoms with Crippen molar-refractivity contribution in [3.05, 3.63) is 23.3 Å². The van der Waals surface area contributed by atoms with Crippen LogP contribution in [0.25, 0.3) is 0 Å². The molecule has 1 aromatic rings. The molecule has 0 saturated heterocycles. The fourth-order valence-electron chi connectivity index (χ4n) is 1.53. The van der Waals surface area contributed by atoms with Crippen molar-refractivity contribution in [2.24, 2.45) is 0 Å². The third kappa shape index (κ3) is 4.30. The van der Waals surface area contributed by atoms with E-state index in [0.29, 0.717) is 22.5 Å². The van der Waals surface area contributed by atoms with E-state index in [1.165, 1.54) is 0 Å². The number of anilines is 2. The quantitative estimate of drug-likeness (QED) is 0.733. The van der Waals surface area contributed by atoms with Crippen molar-refractivity contribution < 1.29 is 17.9 Å². The normalized spacial score (nSPS) is 11.2. The molecule has 0 saturated carbocycles. The number of nitrogens with two attached hydrogens (primary N) is 1. The Balaban J connectivity index is 2.92. The number of amides is 1. The van der Waals surface area contributed by atoms with Gasteiger partial charge in [-0.15, -0.1) is 0 Å². The van der Waals surface area contributed by atoms with E-state index >= 15 is 0 Å². The molecule has 0 aliphatic heterocycles. The number of carbonyl (C=O) groups excluding carboxylic acids is 1. The Hall–Kier alpha value is -1.96. The lowest BCUT2D eigenvalue weighted by Crippen LogP contribution is -2.37. The molecule has 8 heteroatoms. The van der Waals surface area contributed by atoms with Crippen LogP contribution in [0.15, 0.2) is 12.1 Å². The van der Waals surface area contributed by atoms with Gasteiger partial charge >= 0.3 is 16.3 Å². The molecule has 0 aliphatic rings. The van der Waals surface area contributed by atoms with Gasteiger partial charge in [-0.3, -0.25) is 4.72 Å². The van der Waals surface area contributed by atoms with Gasteiger partial charge in [0.25, 0.3) is 0 Å². The first-order valence-electron chi connectivity index (χ1n) is 5.99. The van der Waals surface area contributed by atoms with Crippen LogP contribution in [0.4, 0.5) is 16.2 Å². The Labute approximate surface area is 118 Å². The maximum atomic E-state index is 11.8. The van der Waals surface area contributed by atoms with Crippen LogP contribution in [-0.4, -0.2) is 20.6 Å². The fraction of sp³-hybridized carbons (Fsp3) is 0.417. The zero-order valence-corrected chi connectivity index (χ0v) is 12.7. The molecule has 20 heavy (non-hydrogen) atoms. The van der Waals surface area contributed by atoms with Crippen molar-refractivity contribution >= 4 is 27.7 Å². The summed E-state index contributed by atoms with van der Waals surface area (Å²) in [5, 5.41) is 0. The van der Waals surface area contributed by atoms with Crippen LogP contribution in [0, 0.1) is 13.8 Å². The molecule has 1 rings (SSSR count). The summed E-state index contributed by atoms with van der Waals surface area (Å²) in [6.45, 7) is 6.65. The van der Waals surface area contributed by atoms with Crippen molar-refractivity contribution in [1.82, 2.24) is 4.72 Å². The number of nitrogen functional groups attached to an aromatic ring is 1. The van der Waals surface area contributed by atoms with Crippen LogP contribution in [0.2, 0.25) is 0 Å². The van der Waals surface area contributed by atoms with E-state index in [1.807, 2.05) is 0 Å². The lowest BCUT2D eigenvalue weighted by molar-refractivity contribution is 0.121. The molecule has 0 aliphatic carbocycles. The van der Waals surface area contributed by atoms with Gasteiger partial charge in [-0.25, -0.2) is 9.52 Å². The van der Waals surface area contributed by atoms with Gasteiger partial charge in [0.2, 0.25) is 0 Å². The zero-order valence-electron chi connectivity index (χ0n) is 11.9. The van der Waals surface area contributed by atoms with Crippen molar-refractivity contribution in [3.8, 4) is 0 Å². The molecule has 0 bridgehead atoms. The number of carbonyl (C=O) groups is 1. The largest absolute Gasteiger partial charge is 0.446 e. The van der Waals surface area contributed by atoms with Crippen LogP contribution < -0.4 is 15.2 Å². The highest BCUT2D eigenvalue weighted by atomic mass is 32.2. The van der Waals surface area contributed by atoms with Crippen molar-refractivity contribution in [1.29, 1.82) is 0 Å². The Morgan fingerprint density at radius 3 is 2.45 bits per heavy atom. The number of aryl methyl sites for hydroxylation is 1. The first kappa shape index (κ1) is 16.1. The topological polar surface area (TPSA) is 111 Å². The standard InChI is InChI=1S/C12H19N3O4S/c1-7(2)19-12(16)15-20(17,18)14-11-8(3)5-6-10(13)9(11)4/h5-7,14H,13H2,1-4H3,(H,15,16). The van der Waals surface area contributed by atoms with E-state index < -0.39 is 22.4 Å². The molecule has 0 fully saturated rings. The van der Waals surface area contributed by atoms with Gasteiger partial charge in [-0.2, -0.15) is 8.42 Å². The SMILES string of the molecule is Cc1ccc(N)c(C)c1NS(=O)(=O)NC(=O)OC(C)C. The smallest absolute Gasteiger partial charge is 0.422 e. The summed E-state index contributed by atoms with van der Waals surface area (Å²) in [6, 6.07) is 3.37. The van der Waals surface area contributed by atoms with Gasteiger partial charge in [0.15, 0.2) is 0 Å². The highest BCUT2D eigenvalue weighted by Gasteiger charge is 2.18. The molecule has 0 unspecified atom stereocenters. The third-order valence-corrected chi connectivity index (χ3v) is 3.42. The average molecular weight is 301 g/mol. The second-order valence-corrected chi connectivity index (χ2v) is 6.05. The maximum absolute atomic E-state index is 11.8. The first-order valence-corrected chi connectivity index (χ1v) is 7.47. The van der Waals surface area contributed by atoms with Gasteiger partial charge in [0.05, 0.1) is 11.8 Å². The molecule has 4 N–H and O–H groups in total. The minimum Gasteiger partial charge on any atom is -0.446 e. The third-order valence-electron chi connectivity index (χ3n) is 2.51. The molecule has 112 valence electrons. The van der Waals surface area contributed by atoms with Crippen LogP contribution in [0.3, 0.4) is 0 Å². The van der Waals surface area contributed by atoms with Crippen molar-refractivity contribution in [2.45, 2.75) is 33.8 Å². The minimum atomic E-state index is -4.07. The van der Waals surface area contributed by atoms with E-state index in [1.54, 1.807) is 44.5 Å². The van der Waals surface area contributed by atoms with Gasteiger partial charge in [-0.05, 0) is 44.9 Å². The first-order chi connectivity index (χ1) is 9.12. The molecule has 0 aromatic heterocycles. The Bertz CT molecular complexity index is 611. The van der Waals surface area contributed by atoms with E-state index in [0.717, 1.165) is 0 Å². The molecule has 0 spiro atoms. The molecule has 0 radical (unpaired) electrons. The number of rotatable bonds is 4. The summed E-state index contributed by atoms with van der Waals surface area (Å²) in [4.78, 5) is 11.3. The summed E-state index contributed by atoms with van der Waals surface area (Å²) in [5.74, 6) is 0. The van der Waals surface area contributed by atoms with Gasteiger partial charge in [0, 0.05) is 5.69 Å². The molecular weight excluding hydrogens is 282 g/mol. The van der Waals surface area contributed by atoms with Crippen LogP contribution in [-0.2, 0) is 14.9 Å². The van der Waals surface area contributed by atoms with Crippen LogP contribution >= 0.6 is 0 Å². The predicted octanol–water partition coefficient (Wildman–Crippen LogP) is 1.68. The van der Waals surface area contributed by atoms with Gasteiger partial charge < -0.3 is 10.5 Å². The Morgan fingerprint density at radius 1 is 1.30 bits per heavy atom. The molecular formula is C12H19N3O4S. The van der Waals surface area contributed by atoms with Crippen molar-refractivity contribution in [3.63, 3.8) is 0 Å². The minimum absolute atomic E-state index is 0.342. The van der Waals surface area contributed by atoms with Gasteiger partial charge in [0.1, 0.15) is 0 Å². The predicted molar refractivity (Wildman–Crippen MR) is 77.6 cm³/mol. The summed E-state index contributed by atoms with van der Waals surface area (Å²) in [5.41, 5.74) is 7.81. The highest BCUT2D eigenvalue weighted by Crippen LogP contribution is 2.25. The lowest BCUT2D eigenvalue weighted by atomic mass is 10.1. The number of benzene rings is 1. The number of nitrogens with one attached hydrogen (secondary N) is 2. The number of hydrogen-bond acceptors (Lipinski definition) is 5. The summed E-state index contributed by atoms with van der Waals surface area (Å²) >= 11 is 0. The molecule has 7 nitrogen and oxygen atoms in total. The fourth-order valence-corrected chi connectivity index (χ4v) is 2.43. The monoisotopic (exact) mass is 301 g/mol. The lowest BCUT2D eigenvalue weighted by Gasteiger charge is -2.15. The van der Waals surface area contributed by atoms with Crippen LogP contribution in [0.1, 0.15) is 25.0 Å². The Morgan fingerprint density at radius 2 is 1.90 bits per heavy atom. The Kier molecular flexibility index (Phi) is 4.83. The maximum Gasteiger partial charge on any atom is 0.422 e. The van der Waals surface area contributed by atoms with Crippen molar-refractivity contribution in [2.75, 3.05) is 10.5 Å².